The van der Waals surface area contributed by atoms with E-state index in [0.29, 0.717) is 15.6 Å². The summed E-state index contributed by atoms with van der Waals surface area (Å²) in [6.07, 6.45) is 2.43. The molecule has 1 atom stereocenters. The number of pyridine rings is 1. The number of halogens is 2. The normalized spacial score (nSPS) is 12.4. The first-order valence-corrected chi connectivity index (χ1v) is 5.50. The molecule has 82 valence electrons. The van der Waals surface area contributed by atoms with Gasteiger partial charge >= 0.3 is 0 Å². The van der Waals surface area contributed by atoms with Crippen LogP contribution in [0.15, 0.2) is 47.2 Å². The molecule has 0 spiro atoms. The lowest BCUT2D eigenvalue weighted by Crippen LogP contribution is -2.00. The van der Waals surface area contributed by atoms with E-state index >= 15 is 0 Å². The van der Waals surface area contributed by atoms with E-state index < -0.39 is 6.10 Å². The molecule has 0 fully saturated rings. The van der Waals surface area contributed by atoms with Crippen molar-refractivity contribution in [2.75, 3.05) is 0 Å². The third kappa shape index (κ3) is 2.28. The number of benzene rings is 1. The van der Waals surface area contributed by atoms with E-state index in [-0.39, 0.29) is 5.82 Å². The predicted octanol–water partition coefficient (Wildman–Crippen LogP) is 3.06. The molecule has 0 aliphatic rings. The van der Waals surface area contributed by atoms with Gasteiger partial charge in [-0.25, -0.2) is 4.39 Å². The van der Waals surface area contributed by atoms with Crippen molar-refractivity contribution in [2.45, 2.75) is 6.10 Å². The van der Waals surface area contributed by atoms with Gasteiger partial charge in [0, 0.05) is 18.0 Å². The van der Waals surface area contributed by atoms with Crippen molar-refractivity contribution in [1.29, 1.82) is 0 Å². The van der Waals surface area contributed by atoms with E-state index in [1.54, 1.807) is 36.7 Å². The predicted molar refractivity (Wildman–Crippen MR) is 62.4 cm³/mol. The Bertz CT molecular complexity index is 490. The van der Waals surface area contributed by atoms with Gasteiger partial charge in [-0.3, -0.25) is 4.98 Å². The molecule has 0 saturated heterocycles. The van der Waals surface area contributed by atoms with Crippen molar-refractivity contribution in [3.05, 3.63) is 64.1 Å². The molecule has 2 rings (SSSR count). The Morgan fingerprint density at radius 3 is 2.69 bits per heavy atom. The van der Waals surface area contributed by atoms with Crippen molar-refractivity contribution < 1.29 is 9.50 Å². The fraction of sp³-hybridized carbons (Fsp3) is 0.0833. The van der Waals surface area contributed by atoms with Gasteiger partial charge in [0.25, 0.3) is 0 Å². The third-order valence-corrected chi connectivity index (χ3v) is 2.87. The quantitative estimate of drug-likeness (QED) is 0.918. The molecule has 1 unspecified atom stereocenters. The van der Waals surface area contributed by atoms with Gasteiger partial charge in [-0.15, -0.1) is 0 Å². The number of aromatic nitrogens is 1. The average molecular weight is 282 g/mol. The maximum absolute atomic E-state index is 13.0. The molecule has 1 heterocycles. The fourth-order valence-corrected chi connectivity index (χ4v) is 1.81. The Hall–Kier alpha value is -1.26. The smallest absolute Gasteiger partial charge is 0.137 e. The highest BCUT2D eigenvalue weighted by atomic mass is 79.9. The van der Waals surface area contributed by atoms with Gasteiger partial charge < -0.3 is 5.11 Å². The zero-order valence-electron chi connectivity index (χ0n) is 8.27. The summed E-state index contributed by atoms with van der Waals surface area (Å²) in [4.78, 5) is 3.93. The summed E-state index contributed by atoms with van der Waals surface area (Å²) in [5.41, 5.74) is 1.31. The molecule has 2 aromatic rings. The Morgan fingerprint density at radius 1 is 1.25 bits per heavy atom. The molecule has 0 aliphatic heterocycles. The van der Waals surface area contributed by atoms with Crippen LogP contribution in [-0.4, -0.2) is 10.1 Å². The van der Waals surface area contributed by atoms with E-state index in [1.165, 1.54) is 6.07 Å². The molecule has 16 heavy (non-hydrogen) atoms. The van der Waals surface area contributed by atoms with E-state index in [1.807, 2.05) is 0 Å². The maximum Gasteiger partial charge on any atom is 0.137 e. The van der Waals surface area contributed by atoms with Gasteiger partial charge in [-0.1, -0.05) is 12.1 Å². The van der Waals surface area contributed by atoms with Crippen LogP contribution in [0.3, 0.4) is 0 Å². The molecule has 4 heteroatoms. The molecular weight excluding hydrogens is 273 g/mol. The number of hydrogen-bond acceptors (Lipinski definition) is 2. The van der Waals surface area contributed by atoms with E-state index in [0.717, 1.165) is 0 Å². The second-order valence-corrected chi connectivity index (χ2v) is 4.22. The van der Waals surface area contributed by atoms with E-state index in [9.17, 15) is 9.50 Å². The first-order chi connectivity index (χ1) is 7.68. The zero-order chi connectivity index (χ0) is 11.5. The summed E-state index contributed by atoms with van der Waals surface area (Å²) in [6, 6.07) is 7.95. The third-order valence-electron chi connectivity index (χ3n) is 2.26. The van der Waals surface area contributed by atoms with Crippen molar-refractivity contribution >= 4 is 15.9 Å². The highest BCUT2D eigenvalue weighted by molar-refractivity contribution is 9.10. The SMILES string of the molecule is OC(c1cccnc1)c1ccc(F)c(Br)c1. The van der Waals surface area contributed by atoms with Gasteiger partial charge in [-0.05, 0) is 39.7 Å². The summed E-state index contributed by atoms with van der Waals surface area (Å²) >= 11 is 3.09. The Kier molecular flexibility index (Phi) is 3.31. The summed E-state index contributed by atoms with van der Waals surface area (Å²) < 4.78 is 13.4. The number of aliphatic hydroxyl groups excluding tert-OH is 1. The van der Waals surface area contributed by atoms with Crippen molar-refractivity contribution in [3.63, 3.8) is 0 Å². The number of nitrogens with zero attached hydrogens (tertiary/aromatic N) is 1. The van der Waals surface area contributed by atoms with Crippen molar-refractivity contribution in [1.82, 2.24) is 4.98 Å². The minimum Gasteiger partial charge on any atom is -0.384 e. The largest absolute Gasteiger partial charge is 0.384 e. The molecule has 1 aromatic heterocycles. The van der Waals surface area contributed by atoms with Crippen LogP contribution >= 0.6 is 15.9 Å². The van der Waals surface area contributed by atoms with Crippen LogP contribution in [0.1, 0.15) is 17.2 Å². The first kappa shape index (κ1) is 11.2. The summed E-state index contributed by atoms with van der Waals surface area (Å²) in [6.45, 7) is 0. The topological polar surface area (TPSA) is 33.1 Å². The maximum atomic E-state index is 13.0. The van der Waals surface area contributed by atoms with Crippen molar-refractivity contribution in [2.24, 2.45) is 0 Å². The van der Waals surface area contributed by atoms with Crippen LogP contribution in [0.2, 0.25) is 0 Å². The number of aliphatic hydroxyl groups is 1. The van der Waals surface area contributed by atoms with Crippen LogP contribution in [0, 0.1) is 5.82 Å². The van der Waals surface area contributed by atoms with Gasteiger partial charge in [0.15, 0.2) is 0 Å². The lowest BCUT2D eigenvalue weighted by Gasteiger charge is -2.11. The van der Waals surface area contributed by atoms with Crippen LogP contribution in [0.5, 0.6) is 0 Å². The molecule has 2 nitrogen and oxygen atoms in total. The molecule has 1 N–H and O–H groups in total. The first-order valence-electron chi connectivity index (χ1n) is 4.71. The summed E-state index contributed by atoms with van der Waals surface area (Å²) in [5, 5.41) is 10.0. The van der Waals surface area contributed by atoms with Gasteiger partial charge in [-0.2, -0.15) is 0 Å². The van der Waals surface area contributed by atoms with Gasteiger partial charge in [0.2, 0.25) is 0 Å². The van der Waals surface area contributed by atoms with Crippen molar-refractivity contribution in [3.8, 4) is 0 Å². The lowest BCUT2D eigenvalue weighted by atomic mass is 10.0. The zero-order valence-corrected chi connectivity index (χ0v) is 9.86. The second-order valence-electron chi connectivity index (χ2n) is 3.36. The standard InChI is InChI=1S/C12H9BrFNO/c13-10-6-8(3-4-11(10)14)12(16)9-2-1-5-15-7-9/h1-7,12,16H. The Balaban J connectivity index is 2.34. The van der Waals surface area contributed by atoms with Crippen LogP contribution in [0.25, 0.3) is 0 Å². The Labute approximate surface area is 101 Å². The number of hydrogen-bond donors (Lipinski definition) is 1. The monoisotopic (exact) mass is 281 g/mol. The molecule has 0 saturated carbocycles. The molecule has 0 amide bonds. The molecule has 1 aromatic carbocycles. The molecule has 0 radical (unpaired) electrons. The highest BCUT2D eigenvalue weighted by Crippen LogP contribution is 2.25. The van der Waals surface area contributed by atoms with Gasteiger partial charge in [0.05, 0.1) is 4.47 Å². The number of rotatable bonds is 2. The summed E-state index contributed by atoms with van der Waals surface area (Å²) in [5.74, 6) is -0.345. The molecule has 0 aliphatic carbocycles. The van der Waals surface area contributed by atoms with E-state index in [2.05, 4.69) is 20.9 Å². The van der Waals surface area contributed by atoms with E-state index in [4.69, 9.17) is 0 Å². The van der Waals surface area contributed by atoms with Crippen LogP contribution in [-0.2, 0) is 0 Å². The average Bonchev–Trinajstić information content (AvgIpc) is 2.33. The minimum atomic E-state index is -0.786. The lowest BCUT2D eigenvalue weighted by molar-refractivity contribution is 0.219. The fourth-order valence-electron chi connectivity index (χ4n) is 1.41. The second kappa shape index (κ2) is 4.72. The van der Waals surface area contributed by atoms with Gasteiger partial charge in [0.1, 0.15) is 11.9 Å². The van der Waals surface area contributed by atoms with Crippen LogP contribution in [0.4, 0.5) is 4.39 Å². The summed E-state index contributed by atoms with van der Waals surface area (Å²) in [7, 11) is 0. The van der Waals surface area contributed by atoms with Crippen LogP contribution < -0.4 is 0 Å². The minimum absolute atomic E-state index is 0.341. The molecule has 0 bridgehead atoms. The molecular formula is C12H9BrFNO. The highest BCUT2D eigenvalue weighted by Gasteiger charge is 2.11. The Morgan fingerprint density at radius 2 is 2.06 bits per heavy atom.